The summed E-state index contributed by atoms with van der Waals surface area (Å²) in [5.41, 5.74) is 1.25. The summed E-state index contributed by atoms with van der Waals surface area (Å²) in [5, 5.41) is 3.49. The summed E-state index contributed by atoms with van der Waals surface area (Å²) < 4.78 is 7.50. The smallest absolute Gasteiger partial charge is 0.124 e. The Hall–Kier alpha value is -0.540. The Labute approximate surface area is 137 Å². The van der Waals surface area contributed by atoms with Gasteiger partial charge in [-0.1, -0.05) is 42.6 Å². The van der Waals surface area contributed by atoms with Crippen molar-refractivity contribution in [2.24, 2.45) is 5.92 Å². The predicted molar refractivity (Wildman–Crippen MR) is 92.9 cm³/mol. The van der Waals surface area contributed by atoms with Crippen molar-refractivity contribution in [3.8, 4) is 5.75 Å². The Morgan fingerprint density at radius 1 is 1.33 bits per heavy atom. The van der Waals surface area contributed by atoms with Gasteiger partial charge < -0.3 is 10.1 Å². The van der Waals surface area contributed by atoms with Crippen LogP contribution >= 0.6 is 15.9 Å². The third-order valence-corrected chi connectivity index (χ3v) is 5.05. The van der Waals surface area contributed by atoms with Crippen LogP contribution in [-0.4, -0.2) is 12.6 Å². The Balaban J connectivity index is 2.11. The molecule has 0 amide bonds. The number of rotatable bonds is 6. The molecule has 0 aliphatic heterocycles. The second-order valence-corrected chi connectivity index (χ2v) is 7.06. The van der Waals surface area contributed by atoms with Gasteiger partial charge in [0.25, 0.3) is 0 Å². The van der Waals surface area contributed by atoms with E-state index in [1.165, 1.54) is 37.7 Å². The Morgan fingerprint density at radius 3 is 2.86 bits per heavy atom. The van der Waals surface area contributed by atoms with Gasteiger partial charge >= 0.3 is 0 Å². The predicted octanol–water partition coefficient (Wildman–Crippen LogP) is 5.47. The lowest BCUT2D eigenvalue weighted by molar-refractivity contribution is 0.120. The van der Waals surface area contributed by atoms with Gasteiger partial charge in [0.15, 0.2) is 0 Å². The van der Waals surface area contributed by atoms with Crippen LogP contribution in [0.4, 0.5) is 0 Å². The maximum absolute atomic E-state index is 6.38. The van der Waals surface area contributed by atoms with E-state index < -0.39 is 0 Å². The molecule has 1 aromatic carbocycles. The SMILES string of the molecule is CCNC(C)c1cc(Br)ccc1OC1CCCC(CC)C1. The van der Waals surface area contributed by atoms with E-state index in [4.69, 9.17) is 4.74 Å². The first-order chi connectivity index (χ1) is 10.1. The monoisotopic (exact) mass is 353 g/mol. The molecular formula is C18H28BrNO. The maximum Gasteiger partial charge on any atom is 0.124 e. The average Bonchev–Trinajstić information content (AvgIpc) is 2.49. The van der Waals surface area contributed by atoms with Gasteiger partial charge in [-0.2, -0.15) is 0 Å². The lowest BCUT2D eigenvalue weighted by atomic mass is 9.85. The summed E-state index contributed by atoms with van der Waals surface area (Å²) in [6, 6.07) is 6.69. The lowest BCUT2D eigenvalue weighted by Gasteiger charge is -2.30. The highest BCUT2D eigenvalue weighted by molar-refractivity contribution is 9.10. The van der Waals surface area contributed by atoms with Crippen LogP contribution < -0.4 is 10.1 Å². The molecule has 0 heterocycles. The summed E-state index contributed by atoms with van der Waals surface area (Å²) in [6.45, 7) is 7.61. The number of nitrogens with one attached hydrogen (secondary N) is 1. The molecule has 0 radical (unpaired) electrons. The van der Waals surface area contributed by atoms with Crippen molar-refractivity contribution in [2.45, 2.75) is 65.0 Å². The molecule has 3 heteroatoms. The first-order valence-electron chi connectivity index (χ1n) is 8.33. The van der Waals surface area contributed by atoms with Gasteiger partial charge in [0.1, 0.15) is 5.75 Å². The molecule has 0 aromatic heterocycles. The fourth-order valence-electron chi connectivity index (χ4n) is 3.28. The van der Waals surface area contributed by atoms with Crippen LogP contribution in [0.3, 0.4) is 0 Å². The van der Waals surface area contributed by atoms with E-state index in [0.29, 0.717) is 12.1 Å². The largest absolute Gasteiger partial charge is 0.490 e. The second-order valence-electron chi connectivity index (χ2n) is 6.14. The summed E-state index contributed by atoms with van der Waals surface area (Å²) >= 11 is 3.58. The van der Waals surface area contributed by atoms with Crippen molar-refractivity contribution in [1.82, 2.24) is 5.32 Å². The normalized spacial score (nSPS) is 23.8. The molecule has 118 valence electrons. The van der Waals surface area contributed by atoms with Crippen molar-refractivity contribution >= 4 is 15.9 Å². The Morgan fingerprint density at radius 2 is 2.14 bits per heavy atom. The van der Waals surface area contributed by atoms with Gasteiger partial charge in [0, 0.05) is 16.1 Å². The molecule has 1 aromatic rings. The molecule has 1 aliphatic rings. The molecule has 3 atom stereocenters. The van der Waals surface area contributed by atoms with Crippen molar-refractivity contribution in [3.63, 3.8) is 0 Å². The molecule has 0 spiro atoms. The summed E-state index contributed by atoms with van der Waals surface area (Å²) in [4.78, 5) is 0. The highest BCUT2D eigenvalue weighted by Crippen LogP contribution is 2.34. The molecule has 0 bridgehead atoms. The first kappa shape index (κ1) is 16.8. The van der Waals surface area contributed by atoms with Gasteiger partial charge in [0.05, 0.1) is 6.10 Å². The topological polar surface area (TPSA) is 21.3 Å². The molecular weight excluding hydrogens is 326 g/mol. The Kier molecular flexibility index (Phi) is 6.56. The minimum Gasteiger partial charge on any atom is -0.490 e. The number of hydrogen-bond acceptors (Lipinski definition) is 2. The van der Waals surface area contributed by atoms with Crippen LogP contribution in [0.15, 0.2) is 22.7 Å². The zero-order valence-electron chi connectivity index (χ0n) is 13.5. The number of halogens is 1. The fraction of sp³-hybridized carbons (Fsp3) is 0.667. The van der Waals surface area contributed by atoms with Crippen LogP contribution in [0.1, 0.15) is 64.5 Å². The van der Waals surface area contributed by atoms with E-state index in [-0.39, 0.29) is 0 Å². The molecule has 21 heavy (non-hydrogen) atoms. The molecule has 3 unspecified atom stereocenters. The minimum absolute atomic E-state index is 0.313. The molecule has 2 nitrogen and oxygen atoms in total. The summed E-state index contributed by atoms with van der Waals surface area (Å²) in [7, 11) is 0. The highest BCUT2D eigenvalue weighted by Gasteiger charge is 2.23. The molecule has 1 saturated carbocycles. The van der Waals surface area contributed by atoms with Gasteiger partial charge in [0.2, 0.25) is 0 Å². The molecule has 1 N–H and O–H groups in total. The van der Waals surface area contributed by atoms with Crippen LogP contribution in [-0.2, 0) is 0 Å². The third-order valence-electron chi connectivity index (χ3n) is 4.55. The number of benzene rings is 1. The van der Waals surface area contributed by atoms with Gasteiger partial charge in [-0.3, -0.25) is 0 Å². The van der Waals surface area contributed by atoms with Crippen LogP contribution in [0, 0.1) is 5.92 Å². The van der Waals surface area contributed by atoms with Crippen LogP contribution in [0.5, 0.6) is 5.75 Å². The van der Waals surface area contributed by atoms with Gasteiger partial charge in [-0.25, -0.2) is 0 Å². The van der Waals surface area contributed by atoms with E-state index in [2.05, 4.69) is 60.2 Å². The van der Waals surface area contributed by atoms with Crippen LogP contribution in [0.25, 0.3) is 0 Å². The molecule has 2 rings (SSSR count). The van der Waals surface area contributed by atoms with Crippen molar-refractivity contribution < 1.29 is 4.74 Å². The fourth-order valence-corrected chi connectivity index (χ4v) is 3.66. The van der Waals surface area contributed by atoms with Gasteiger partial charge in [-0.15, -0.1) is 0 Å². The maximum atomic E-state index is 6.38. The quantitative estimate of drug-likeness (QED) is 0.732. The second kappa shape index (κ2) is 8.19. The van der Waals surface area contributed by atoms with Crippen LogP contribution in [0.2, 0.25) is 0 Å². The van der Waals surface area contributed by atoms with Gasteiger partial charge in [-0.05, 0) is 56.8 Å². The molecule has 1 fully saturated rings. The standard InChI is InChI=1S/C18H28BrNO/c1-4-14-7-6-8-16(11-14)21-18-10-9-15(19)12-17(18)13(3)20-5-2/h9-10,12-14,16,20H,4-8,11H2,1-3H3. The zero-order valence-corrected chi connectivity index (χ0v) is 15.1. The van der Waals surface area contributed by atoms with E-state index in [0.717, 1.165) is 22.7 Å². The number of ether oxygens (including phenoxy) is 1. The molecule has 0 saturated heterocycles. The Bertz CT molecular complexity index is 449. The van der Waals surface area contributed by atoms with E-state index in [9.17, 15) is 0 Å². The highest BCUT2D eigenvalue weighted by atomic mass is 79.9. The number of hydrogen-bond donors (Lipinski definition) is 1. The zero-order chi connectivity index (χ0) is 15.2. The molecule has 1 aliphatic carbocycles. The van der Waals surface area contributed by atoms with E-state index in [1.807, 2.05) is 0 Å². The third kappa shape index (κ3) is 4.72. The summed E-state index contributed by atoms with van der Waals surface area (Å²) in [5.74, 6) is 1.89. The van der Waals surface area contributed by atoms with Crippen molar-refractivity contribution in [2.75, 3.05) is 6.54 Å². The summed E-state index contributed by atoms with van der Waals surface area (Å²) in [6.07, 6.45) is 6.75. The van der Waals surface area contributed by atoms with E-state index in [1.54, 1.807) is 0 Å². The van der Waals surface area contributed by atoms with Crippen molar-refractivity contribution in [3.05, 3.63) is 28.2 Å². The van der Waals surface area contributed by atoms with E-state index >= 15 is 0 Å². The lowest BCUT2D eigenvalue weighted by Crippen LogP contribution is -2.26. The first-order valence-corrected chi connectivity index (χ1v) is 9.12. The minimum atomic E-state index is 0.313. The average molecular weight is 354 g/mol. The van der Waals surface area contributed by atoms with Crippen molar-refractivity contribution in [1.29, 1.82) is 0 Å².